The van der Waals surface area contributed by atoms with Gasteiger partial charge in [-0.15, -0.1) is 0 Å². The molecular weight excluding hydrogens is 164 g/mol. The van der Waals surface area contributed by atoms with Gasteiger partial charge in [0, 0.05) is 19.3 Å². The van der Waals surface area contributed by atoms with Crippen LogP contribution < -0.4 is 11.1 Å². The van der Waals surface area contributed by atoms with Crippen LogP contribution >= 0.6 is 0 Å². The first-order chi connectivity index (χ1) is 6.42. The van der Waals surface area contributed by atoms with Crippen molar-refractivity contribution < 1.29 is 0 Å². The van der Waals surface area contributed by atoms with Gasteiger partial charge in [-0.2, -0.15) is 5.10 Å². The monoisotopic (exact) mass is 180 g/mol. The summed E-state index contributed by atoms with van der Waals surface area (Å²) in [5, 5.41) is 7.68. The molecule has 0 bridgehead atoms. The Balaban J connectivity index is 2.13. The van der Waals surface area contributed by atoms with E-state index in [0.29, 0.717) is 12.6 Å². The first kappa shape index (κ1) is 8.72. The molecule has 13 heavy (non-hydrogen) atoms. The minimum Gasteiger partial charge on any atom is -0.325 e. The Labute approximate surface area is 78.1 Å². The highest BCUT2D eigenvalue weighted by Gasteiger charge is 2.16. The van der Waals surface area contributed by atoms with Gasteiger partial charge in [0.1, 0.15) is 0 Å². The van der Waals surface area contributed by atoms with Crippen molar-refractivity contribution in [3.8, 4) is 0 Å². The number of nitrogens with two attached hydrogens (primary N) is 1. The summed E-state index contributed by atoms with van der Waals surface area (Å²) >= 11 is 0. The van der Waals surface area contributed by atoms with Gasteiger partial charge in [0.05, 0.1) is 11.7 Å². The van der Waals surface area contributed by atoms with Crippen LogP contribution in [0.4, 0.5) is 0 Å². The topological polar surface area (TPSA) is 55.9 Å². The van der Waals surface area contributed by atoms with Crippen LogP contribution in [0.15, 0.2) is 12.3 Å². The van der Waals surface area contributed by atoms with Gasteiger partial charge in [-0.05, 0) is 25.5 Å². The van der Waals surface area contributed by atoms with E-state index in [4.69, 9.17) is 5.73 Å². The van der Waals surface area contributed by atoms with E-state index in [9.17, 15) is 0 Å². The maximum Gasteiger partial charge on any atom is 0.0647 e. The van der Waals surface area contributed by atoms with E-state index in [0.717, 1.165) is 18.8 Å². The molecule has 1 saturated heterocycles. The van der Waals surface area contributed by atoms with E-state index in [1.54, 1.807) is 0 Å². The van der Waals surface area contributed by atoms with Crippen molar-refractivity contribution in [2.75, 3.05) is 13.1 Å². The van der Waals surface area contributed by atoms with Crippen molar-refractivity contribution in [2.24, 2.45) is 5.73 Å². The minimum absolute atomic E-state index is 0.502. The second-order valence-corrected chi connectivity index (χ2v) is 3.47. The number of piperidine rings is 1. The van der Waals surface area contributed by atoms with Crippen LogP contribution in [-0.2, 0) is 6.54 Å². The Hall–Kier alpha value is -0.870. The number of rotatable bonds is 2. The third kappa shape index (κ3) is 1.73. The molecule has 4 nitrogen and oxygen atoms in total. The molecule has 0 radical (unpaired) electrons. The molecular formula is C9H16N4. The zero-order chi connectivity index (χ0) is 9.10. The Morgan fingerprint density at radius 3 is 3.31 bits per heavy atom. The van der Waals surface area contributed by atoms with E-state index in [2.05, 4.69) is 15.1 Å². The fraction of sp³-hybridized carbons (Fsp3) is 0.667. The Morgan fingerprint density at radius 2 is 2.62 bits per heavy atom. The molecule has 1 unspecified atom stereocenters. The Morgan fingerprint density at radius 1 is 1.69 bits per heavy atom. The molecule has 1 aliphatic heterocycles. The van der Waals surface area contributed by atoms with Crippen molar-refractivity contribution in [1.82, 2.24) is 15.1 Å². The lowest BCUT2D eigenvalue weighted by atomic mass is 10.1. The predicted molar refractivity (Wildman–Crippen MR) is 51.3 cm³/mol. The molecule has 1 aromatic heterocycles. The van der Waals surface area contributed by atoms with Crippen LogP contribution in [0, 0.1) is 0 Å². The summed E-state index contributed by atoms with van der Waals surface area (Å²) in [6, 6.07) is 2.50. The molecule has 0 saturated carbocycles. The highest BCUT2D eigenvalue weighted by Crippen LogP contribution is 2.17. The summed E-state index contributed by atoms with van der Waals surface area (Å²) in [7, 11) is 0. The molecule has 2 rings (SSSR count). The third-order valence-corrected chi connectivity index (χ3v) is 2.58. The van der Waals surface area contributed by atoms with Gasteiger partial charge in [0.2, 0.25) is 0 Å². The van der Waals surface area contributed by atoms with Gasteiger partial charge in [0.15, 0.2) is 0 Å². The highest BCUT2D eigenvalue weighted by molar-refractivity contribution is 5.01. The molecule has 0 amide bonds. The van der Waals surface area contributed by atoms with Gasteiger partial charge in [-0.25, -0.2) is 0 Å². The standard InChI is InChI=1S/C9H16N4/c10-6-8-3-5-12-13(8)9-2-1-4-11-7-9/h3,5,9,11H,1-2,4,6-7,10H2. The van der Waals surface area contributed by atoms with E-state index < -0.39 is 0 Å². The normalized spacial score (nSPS) is 23.3. The molecule has 72 valence electrons. The van der Waals surface area contributed by atoms with Crippen molar-refractivity contribution in [3.05, 3.63) is 18.0 Å². The number of hydrogen-bond acceptors (Lipinski definition) is 3. The summed E-state index contributed by atoms with van der Waals surface area (Å²) in [6.45, 7) is 2.74. The summed E-state index contributed by atoms with van der Waals surface area (Å²) in [6.07, 6.45) is 4.27. The largest absolute Gasteiger partial charge is 0.325 e. The first-order valence-electron chi connectivity index (χ1n) is 4.85. The maximum absolute atomic E-state index is 5.62. The lowest BCUT2D eigenvalue weighted by Gasteiger charge is -2.24. The summed E-state index contributed by atoms with van der Waals surface area (Å²) in [5.74, 6) is 0. The molecule has 0 aliphatic carbocycles. The molecule has 0 spiro atoms. The first-order valence-corrected chi connectivity index (χ1v) is 4.85. The fourth-order valence-electron chi connectivity index (χ4n) is 1.87. The zero-order valence-electron chi connectivity index (χ0n) is 7.74. The van der Waals surface area contributed by atoms with Crippen LogP contribution in [0.5, 0.6) is 0 Å². The quantitative estimate of drug-likeness (QED) is 0.686. The van der Waals surface area contributed by atoms with E-state index in [1.807, 2.05) is 12.3 Å². The van der Waals surface area contributed by atoms with Crippen LogP contribution in [0.1, 0.15) is 24.6 Å². The number of hydrogen-bond donors (Lipinski definition) is 2. The number of nitrogens with one attached hydrogen (secondary N) is 1. The van der Waals surface area contributed by atoms with Crippen molar-refractivity contribution >= 4 is 0 Å². The Bertz CT molecular complexity index is 262. The van der Waals surface area contributed by atoms with Crippen molar-refractivity contribution in [1.29, 1.82) is 0 Å². The molecule has 3 N–H and O–H groups in total. The maximum atomic E-state index is 5.62. The summed E-state index contributed by atoms with van der Waals surface area (Å²) in [4.78, 5) is 0. The van der Waals surface area contributed by atoms with Gasteiger partial charge < -0.3 is 11.1 Å². The fourth-order valence-corrected chi connectivity index (χ4v) is 1.87. The lowest BCUT2D eigenvalue weighted by molar-refractivity contribution is 0.339. The second-order valence-electron chi connectivity index (χ2n) is 3.47. The SMILES string of the molecule is NCc1ccnn1C1CCCNC1. The zero-order valence-corrected chi connectivity index (χ0v) is 7.74. The Kier molecular flexibility index (Phi) is 2.61. The predicted octanol–water partition coefficient (Wildman–Crippen LogP) is 0.266. The van der Waals surface area contributed by atoms with E-state index in [1.165, 1.54) is 12.8 Å². The molecule has 1 atom stereocenters. The van der Waals surface area contributed by atoms with Crippen LogP contribution in [-0.4, -0.2) is 22.9 Å². The second kappa shape index (κ2) is 3.89. The van der Waals surface area contributed by atoms with Crippen LogP contribution in [0.3, 0.4) is 0 Å². The molecule has 4 heteroatoms. The third-order valence-electron chi connectivity index (χ3n) is 2.58. The van der Waals surface area contributed by atoms with Crippen LogP contribution in [0.25, 0.3) is 0 Å². The van der Waals surface area contributed by atoms with Gasteiger partial charge in [0.25, 0.3) is 0 Å². The van der Waals surface area contributed by atoms with Gasteiger partial charge in [-0.3, -0.25) is 4.68 Å². The van der Waals surface area contributed by atoms with Crippen LogP contribution in [0.2, 0.25) is 0 Å². The average Bonchev–Trinajstić information content (AvgIpc) is 2.67. The summed E-state index contributed by atoms with van der Waals surface area (Å²) in [5.41, 5.74) is 6.75. The number of aromatic nitrogens is 2. The molecule has 1 aliphatic rings. The summed E-state index contributed by atoms with van der Waals surface area (Å²) < 4.78 is 2.06. The molecule has 2 heterocycles. The molecule has 1 fully saturated rings. The van der Waals surface area contributed by atoms with Crippen molar-refractivity contribution in [3.63, 3.8) is 0 Å². The van der Waals surface area contributed by atoms with E-state index >= 15 is 0 Å². The number of nitrogens with zero attached hydrogens (tertiary/aromatic N) is 2. The smallest absolute Gasteiger partial charge is 0.0647 e. The van der Waals surface area contributed by atoms with E-state index in [-0.39, 0.29) is 0 Å². The highest BCUT2D eigenvalue weighted by atomic mass is 15.3. The molecule has 0 aromatic carbocycles. The van der Waals surface area contributed by atoms with Gasteiger partial charge in [-0.1, -0.05) is 0 Å². The van der Waals surface area contributed by atoms with Crippen molar-refractivity contribution in [2.45, 2.75) is 25.4 Å². The minimum atomic E-state index is 0.502. The lowest BCUT2D eigenvalue weighted by Crippen LogP contribution is -2.33. The molecule has 1 aromatic rings. The average molecular weight is 180 g/mol. The van der Waals surface area contributed by atoms with Gasteiger partial charge >= 0.3 is 0 Å².